The van der Waals surface area contributed by atoms with Gasteiger partial charge in [-0.2, -0.15) is 0 Å². The normalized spacial score (nSPS) is 29.0. The number of urea groups is 1. The number of ether oxygens (including phenoxy) is 1. The maximum absolute atomic E-state index is 13.4. The van der Waals surface area contributed by atoms with Crippen molar-refractivity contribution in [2.45, 2.75) is 43.2 Å². The number of nitrogens with one attached hydrogen (secondary N) is 2. The Morgan fingerprint density at radius 1 is 1.43 bits per heavy atom. The van der Waals surface area contributed by atoms with Gasteiger partial charge in [0.05, 0.1) is 5.54 Å². The first-order chi connectivity index (χ1) is 10.9. The van der Waals surface area contributed by atoms with E-state index in [1.165, 1.54) is 6.20 Å². The van der Waals surface area contributed by atoms with Gasteiger partial charge in [0.2, 0.25) is 5.88 Å². The zero-order chi connectivity index (χ0) is 16.5. The van der Waals surface area contributed by atoms with E-state index in [4.69, 9.17) is 4.74 Å². The molecule has 0 radical (unpaired) electrons. The largest absolute Gasteiger partial charge is 0.474 e. The summed E-state index contributed by atoms with van der Waals surface area (Å²) >= 11 is 0. The fourth-order valence-electron chi connectivity index (χ4n) is 3.12. The summed E-state index contributed by atoms with van der Waals surface area (Å²) < 4.78 is 43.2. The third kappa shape index (κ3) is 3.51. The van der Waals surface area contributed by atoms with E-state index in [1.54, 1.807) is 12.1 Å². The first-order valence-corrected chi connectivity index (χ1v) is 7.45. The van der Waals surface area contributed by atoms with E-state index in [0.717, 1.165) is 0 Å². The van der Waals surface area contributed by atoms with Crippen LogP contribution in [0.4, 0.5) is 18.0 Å². The minimum absolute atomic E-state index is 0.166. The Hall–Kier alpha value is -1.99. The van der Waals surface area contributed by atoms with Gasteiger partial charge in [-0.3, -0.25) is 0 Å². The predicted molar refractivity (Wildman–Crippen MR) is 76.4 cm³/mol. The number of nitrogens with zero attached hydrogens (tertiary/aromatic N) is 1. The summed E-state index contributed by atoms with van der Waals surface area (Å²) in [6.45, 7) is -1.29. The minimum Gasteiger partial charge on any atom is -0.474 e. The van der Waals surface area contributed by atoms with Crippen molar-refractivity contribution >= 4 is 6.03 Å². The highest BCUT2D eigenvalue weighted by Crippen LogP contribution is 2.62. The second kappa shape index (κ2) is 5.90. The molecule has 3 fully saturated rings. The molecule has 126 valence electrons. The molecule has 1 unspecified atom stereocenters. The molecule has 0 spiro atoms. The summed E-state index contributed by atoms with van der Waals surface area (Å²) in [6.07, 6.45) is 0.941. The molecule has 1 aromatic rings. The van der Waals surface area contributed by atoms with Crippen LogP contribution in [0.5, 0.6) is 5.88 Å². The van der Waals surface area contributed by atoms with Gasteiger partial charge in [0, 0.05) is 38.1 Å². The van der Waals surface area contributed by atoms with Crippen molar-refractivity contribution < 1.29 is 22.7 Å². The number of hydrogen-bond donors (Lipinski definition) is 2. The van der Waals surface area contributed by atoms with Gasteiger partial charge in [-0.1, -0.05) is 0 Å². The highest BCUT2D eigenvalue weighted by molar-refractivity contribution is 5.75. The molecule has 23 heavy (non-hydrogen) atoms. The number of pyridine rings is 1. The van der Waals surface area contributed by atoms with E-state index in [-0.39, 0.29) is 24.0 Å². The van der Waals surface area contributed by atoms with Crippen molar-refractivity contribution in [3.63, 3.8) is 0 Å². The van der Waals surface area contributed by atoms with Crippen LogP contribution in [0.15, 0.2) is 18.3 Å². The molecule has 1 atom stereocenters. The van der Waals surface area contributed by atoms with Crippen LogP contribution in [0.25, 0.3) is 0 Å². The molecule has 1 heterocycles. The van der Waals surface area contributed by atoms with Crippen LogP contribution < -0.4 is 15.4 Å². The molecular weight excluding hydrogens is 311 g/mol. The van der Waals surface area contributed by atoms with Gasteiger partial charge in [-0.25, -0.2) is 22.9 Å². The van der Waals surface area contributed by atoms with Gasteiger partial charge in [0.15, 0.2) is 6.17 Å². The number of alkyl halides is 3. The average molecular weight is 329 g/mol. The molecule has 2 bridgehead atoms. The molecule has 4 rings (SSSR count). The highest BCUT2D eigenvalue weighted by Gasteiger charge is 2.69. The molecule has 0 aliphatic heterocycles. The molecule has 0 saturated heterocycles. The highest BCUT2D eigenvalue weighted by atomic mass is 19.2. The Balaban J connectivity index is 1.43. The second-order valence-electron chi connectivity index (χ2n) is 6.33. The second-order valence-corrected chi connectivity index (χ2v) is 6.33. The van der Waals surface area contributed by atoms with Crippen molar-refractivity contribution in [2.24, 2.45) is 0 Å². The van der Waals surface area contributed by atoms with Crippen LogP contribution in [0.2, 0.25) is 0 Å². The lowest BCUT2D eigenvalue weighted by atomic mass is 9.47. The fourth-order valence-corrected chi connectivity index (χ4v) is 3.12. The van der Waals surface area contributed by atoms with E-state index in [2.05, 4.69) is 15.6 Å². The van der Waals surface area contributed by atoms with E-state index < -0.39 is 25.1 Å². The Bertz CT molecular complexity index is 579. The molecule has 3 aliphatic rings. The number of hydrogen-bond acceptors (Lipinski definition) is 3. The molecule has 3 saturated carbocycles. The van der Waals surface area contributed by atoms with Gasteiger partial charge >= 0.3 is 6.03 Å². The quantitative estimate of drug-likeness (QED) is 0.806. The summed E-state index contributed by atoms with van der Waals surface area (Å²) in [7, 11) is 0. The van der Waals surface area contributed by atoms with Gasteiger partial charge in [-0.05, 0) is 11.6 Å². The third-order valence-corrected chi connectivity index (χ3v) is 4.18. The summed E-state index contributed by atoms with van der Waals surface area (Å²) in [5.74, 6) is 0.166. The van der Waals surface area contributed by atoms with Crippen molar-refractivity contribution in [2.75, 3.05) is 13.3 Å². The molecule has 0 aromatic carbocycles. The third-order valence-electron chi connectivity index (χ3n) is 4.18. The summed E-state index contributed by atoms with van der Waals surface area (Å²) in [5, 5.41) is 5.46. The Kier molecular flexibility index (Phi) is 4.08. The van der Waals surface area contributed by atoms with Crippen LogP contribution in [-0.4, -0.2) is 41.7 Å². The van der Waals surface area contributed by atoms with Gasteiger partial charge in [-0.15, -0.1) is 0 Å². The zero-order valence-corrected chi connectivity index (χ0v) is 12.4. The van der Waals surface area contributed by atoms with E-state index in [1.807, 2.05) is 0 Å². The molecular formula is C15H18F3N3O2. The average Bonchev–Trinajstić information content (AvgIpc) is 2.48. The fraction of sp³-hybridized carbons (Fsp3) is 0.600. The van der Waals surface area contributed by atoms with Gasteiger partial charge < -0.3 is 15.4 Å². The monoisotopic (exact) mass is 329 g/mol. The van der Waals surface area contributed by atoms with Crippen LogP contribution in [-0.2, 0) is 6.54 Å². The first-order valence-electron chi connectivity index (χ1n) is 7.45. The van der Waals surface area contributed by atoms with Crippen LogP contribution in [0.1, 0.15) is 24.8 Å². The lowest BCUT2D eigenvalue weighted by Crippen LogP contribution is -2.77. The molecule has 2 N–H and O–H groups in total. The first kappa shape index (κ1) is 15.9. The summed E-state index contributed by atoms with van der Waals surface area (Å²) in [5.41, 5.74) is -0.716. The van der Waals surface area contributed by atoms with Crippen molar-refractivity contribution in [3.05, 3.63) is 23.9 Å². The standard InChI is InChI=1S/C15H18F3N3O2/c16-4-11(17)6-23-12-3-10(1-2-19-12)5-20-13(22)21-15-7-14(18,8-15)9-15/h1-3,11H,4-9H2,(H2,20,21,22). The number of carbonyl (C=O) groups is 1. The molecule has 2 amide bonds. The van der Waals surface area contributed by atoms with Crippen molar-refractivity contribution in [3.8, 4) is 5.88 Å². The predicted octanol–water partition coefficient (Wildman–Crippen LogP) is 2.21. The summed E-state index contributed by atoms with van der Waals surface area (Å²) in [4.78, 5) is 15.7. The van der Waals surface area contributed by atoms with Gasteiger partial charge in [0.1, 0.15) is 19.0 Å². The molecule has 1 aromatic heterocycles. The zero-order valence-electron chi connectivity index (χ0n) is 12.4. The Morgan fingerprint density at radius 2 is 2.17 bits per heavy atom. The number of carbonyl (C=O) groups excluding carboxylic acids is 1. The van der Waals surface area contributed by atoms with E-state index >= 15 is 0 Å². The molecule has 3 aliphatic carbocycles. The van der Waals surface area contributed by atoms with Crippen LogP contribution in [0, 0.1) is 0 Å². The molecule has 8 heteroatoms. The van der Waals surface area contributed by atoms with Crippen LogP contribution in [0.3, 0.4) is 0 Å². The summed E-state index contributed by atoms with van der Waals surface area (Å²) in [6, 6.07) is 2.86. The number of amides is 2. The minimum atomic E-state index is -1.68. The lowest BCUT2D eigenvalue weighted by molar-refractivity contribution is -0.162. The lowest BCUT2D eigenvalue weighted by Gasteiger charge is -2.65. The smallest absolute Gasteiger partial charge is 0.315 e. The Labute approximate surface area is 131 Å². The van der Waals surface area contributed by atoms with Crippen LogP contribution >= 0.6 is 0 Å². The maximum Gasteiger partial charge on any atom is 0.315 e. The van der Waals surface area contributed by atoms with Crippen molar-refractivity contribution in [1.29, 1.82) is 0 Å². The molecule has 5 nitrogen and oxygen atoms in total. The number of rotatable bonds is 7. The Morgan fingerprint density at radius 3 is 2.83 bits per heavy atom. The van der Waals surface area contributed by atoms with Crippen molar-refractivity contribution in [1.82, 2.24) is 15.6 Å². The van der Waals surface area contributed by atoms with E-state index in [9.17, 15) is 18.0 Å². The SMILES string of the molecule is O=C(NCc1ccnc(OCC(F)CF)c1)NC12CC(F)(C1)C2. The van der Waals surface area contributed by atoms with Gasteiger partial charge in [0.25, 0.3) is 0 Å². The topological polar surface area (TPSA) is 63.2 Å². The number of halogens is 3. The maximum atomic E-state index is 13.4. The van der Waals surface area contributed by atoms with E-state index in [0.29, 0.717) is 24.8 Å². The number of aromatic nitrogens is 1.